The number of nitrogens with two attached hydrogens (primary N) is 1. The number of nitrogen functional groups attached to an aromatic ring is 1. The van der Waals surface area contributed by atoms with E-state index in [1.807, 2.05) is 48.5 Å². The summed E-state index contributed by atoms with van der Waals surface area (Å²) in [5.41, 5.74) is 9.41. The molecule has 0 unspecified atom stereocenters. The molecule has 0 aliphatic carbocycles. The number of hydrogen-bond donors (Lipinski definition) is 1. The van der Waals surface area contributed by atoms with Crippen molar-refractivity contribution in [3.8, 4) is 34.3 Å². The van der Waals surface area contributed by atoms with Crippen molar-refractivity contribution in [2.75, 3.05) is 12.3 Å². The lowest BCUT2D eigenvalue weighted by Crippen LogP contribution is -2.00. The Balaban J connectivity index is 1.84. The minimum atomic E-state index is 0.205. The van der Waals surface area contributed by atoms with Gasteiger partial charge in [0.15, 0.2) is 0 Å². The Labute approximate surface area is 165 Å². The van der Waals surface area contributed by atoms with Gasteiger partial charge in [-0.15, -0.1) is 0 Å². The molecule has 5 nitrogen and oxygen atoms in total. The van der Waals surface area contributed by atoms with E-state index in [1.165, 1.54) is 19.3 Å². The zero-order valence-corrected chi connectivity index (χ0v) is 16.1. The summed E-state index contributed by atoms with van der Waals surface area (Å²) >= 11 is 0. The van der Waals surface area contributed by atoms with Crippen LogP contribution in [0.3, 0.4) is 0 Å². The Kier molecular flexibility index (Phi) is 6.59. The van der Waals surface area contributed by atoms with Crippen LogP contribution in [0.15, 0.2) is 54.7 Å². The lowest BCUT2D eigenvalue weighted by Gasteiger charge is -2.11. The maximum absolute atomic E-state index is 9.55. The smallest absolute Gasteiger partial charge is 0.142 e. The van der Waals surface area contributed by atoms with Crippen LogP contribution >= 0.6 is 0 Å². The third-order valence-electron chi connectivity index (χ3n) is 4.52. The maximum atomic E-state index is 9.55. The Hall–Kier alpha value is -3.39. The van der Waals surface area contributed by atoms with Crippen molar-refractivity contribution in [3.63, 3.8) is 0 Å². The van der Waals surface area contributed by atoms with Gasteiger partial charge in [0.25, 0.3) is 0 Å². The van der Waals surface area contributed by atoms with Crippen LogP contribution in [0.1, 0.15) is 38.2 Å². The number of ether oxygens (including phenoxy) is 1. The van der Waals surface area contributed by atoms with Crippen LogP contribution in [0.25, 0.3) is 22.5 Å². The average Bonchev–Trinajstić information content (AvgIpc) is 2.74. The van der Waals surface area contributed by atoms with Gasteiger partial charge < -0.3 is 10.5 Å². The van der Waals surface area contributed by atoms with Gasteiger partial charge in [-0.3, -0.25) is 4.98 Å². The highest BCUT2D eigenvalue weighted by molar-refractivity contribution is 5.79. The molecule has 2 aromatic heterocycles. The Morgan fingerprint density at radius 2 is 1.86 bits per heavy atom. The fraction of sp³-hybridized carbons (Fsp3) is 0.261. The highest BCUT2D eigenvalue weighted by Crippen LogP contribution is 2.31. The summed E-state index contributed by atoms with van der Waals surface area (Å²) in [6.45, 7) is 2.91. The van der Waals surface area contributed by atoms with Crippen LogP contribution < -0.4 is 10.5 Å². The van der Waals surface area contributed by atoms with Gasteiger partial charge in [-0.05, 0) is 42.3 Å². The monoisotopic (exact) mass is 372 g/mol. The van der Waals surface area contributed by atoms with Gasteiger partial charge in [-0.2, -0.15) is 5.26 Å². The van der Waals surface area contributed by atoms with Gasteiger partial charge in [-0.1, -0.05) is 44.4 Å². The first-order valence-electron chi connectivity index (χ1n) is 9.58. The van der Waals surface area contributed by atoms with Gasteiger partial charge in [0.1, 0.15) is 23.2 Å². The fourth-order valence-electron chi connectivity index (χ4n) is 3.01. The molecule has 0 bridgehead atoms. The van der Waals surface area contributed by atoms with Crippen molar-refractivity contribution in [1.29, 1.82) is 5.26 Å². The number of anilines is 1. The van der Waals surface area contributed by atoms with Gasteiger partial charge in [-0.25, -0.2) is 4.98 Å². The molecule has 0 spiro atoms. The molecule has 3 rings (SSSR count). The highest BCUT2D eigenvalue weighted by Gasteiger charge is 2.14. The minimum absolute atomic E-state index is 0.205. The van der Waals surface area contributed by atoms with E-state index < -0.39 is 0 Å². The Morgan fingerprint density at radius 3 is 2.54 bits per heavy atom. The van der Waals surface area contributed by atoms with Crippen LogP contribution in [0.5, 0.6) is 5.75 Å². The van der Waals surface area contributed by atoms with Crippen molar-refractivity contribution >= 4 is 5.82 Å². The first-order chi connectivity index (χ1) is 13.7. The average molecular weight is 372 g/mol. The molecule has 0 aliphatic rings. The van der Waals surface area contributed by atoms with Gasteiger partial charge in [0.05, 0.1) is 18.0 Å². The SMILES string of the molecule is CCCCCCOc1ccc(-c2cc(-c3ccccn3)nc(N)c2C#N)cc1. The molecule has 2 heterocycles. The molecule has 0 atom stereocenters. The third-order valence-corrected chi connectivity index (χ3v) is 4.52. The first kappa shape index (κ1) is 19.4. The molecular formula is C23H24N4O. The topological polar surface area (TPSA) is 84.8 Å². The summed E-state index contributed by atoms with van der Waals surface area (Å²) in [7, 11) is 0. The van der Waals surface area contributed by atoms with Crippen LogP contribution in [-0.2, 0) is 0 Å². The first-order valence-corrected chi connectivity index (χ1v) is 9.58. The summed E-state index contributed by atoms with van der Waals surface area (Å²) in [5.74, 6) is 1.03. The molecule has 0 aliphatic heterocycles. The number of hydrogen-bond acceptors (Lipinski definition) is 5. The molecule has 1 aromatic carbocycles. The fourth-order valence-corrected chi connectivity index (χ4v) is 3.01. The zero-order valence-electron chi connectivity index (χ0n) is 16.1. The largest absolute Gasteiger partial charge is 0.494 e. The number of nitrogens with zero attached hydrogens (tertiary/aromatic N) is 3. The number of unbranched alkanes of at least 4 members (excludes halogenated alkanes) is 3. The van der Waals surface area contributed by atoms with Crippen molar-refractivity contribution in [3.05, 3.63) is 60.3 Å². The Morgan fingerprint density at radius 1 is 1.04 bits per heavy atom. The Bertz CT molecular complexity index is 947. The van der Waals surface area contributed by atoms with E-state index in [2.05, 4.69) is 23.0 Å². The molecule has 142 valence electrons. The van der Waals surface area contributed by atoms with E-state index in [0.717, 1.165) is 29.9 Å². The molecule has 5 heteroatoms. The molecule has 28 heavy (non-hydrogen) atoms. The number of benzene rings is 1. The van der Waals surface area contributed by atoms with Crippen LogP contribution in [0, 0.1) is 11.3 Å². The van der Waals surface area contributed by atoms with Gasteiger partial charge in [0.2, 0.25) is 0 Å². The maximum Gasteiger partial charge on any atom is 0.142 e. The third kappa shape index (κ3) is 4.66. The lowest BCUT2D eigenvalue weighted by molar-refractivity contribution is 0.305. The van der Waals surface area contributed by atoms with Crippen LogP contribution in [-0.4, -0.2) is 16.6 Å². The summed E-state index contributed by atoms with van der Waals surface area (Å²) in [4.78, 5) is 8.68. The molecule has 3 aromatic rings. The lowest BCUT2D eigenvalue weighted by atomic mass is 9.99. The standard InChI is InChI=1S/C23H24N4O/c1-2-3-4-7-14-28-18-11-9-17(10-12-18)19-15-22(21-8-5-6-13-26-21)27-23(25)20(19)16-24/h5-6,8-13,15H,2-4,7,14H2,1H3,(H2,25,27). The predicted molar refractivity (Wildman–Crippen MR) is 112 cm³/mol. The number of aromatic nitrogens is 2. The van der Waals surface area contributed by atoms with Crippen LogP contribution in [0.4, 0.5) is 5.82 Å². The van der Waals surface area contributed by atoms with Crippen molar-refractivity contribution in [2.24, 2.45) is 0 Å². The molecule has 2 N–H and O–H groups in total. The van der Waals surface area contributed by atoms with E-state index in [-0.39, 0.29) is 5.82 Å². The summed E-state index contributed by atoms with van der Waals surface area (Å²) in [5, 5.41) is 9.55. The molecule has 0 fully saturated rings. The second-order valence-electron chi connectivity index (χ2n) is 6.58. The number of rotatable bonds is 8. The van der Waals surface area contributed by atoms with Crippen molar-refractivity contribution in [1.82, 2.24) is 9.97 Å². The van der Waals surface area contributed by atoms with E-state index in [0.29, 0.717) is 17.0 Å². The number of nitriles is 1. The van der Waals surface area contributed by atoms with E-state index in [9.17, 15) is 5.26 Å². The normalized spacial score (nSPS) is 10.4. The van der Waals surface area contributed by atoms with Crippen LogP contribution in [0.2, 0.25) is 0 Å². The van der Waals surface area contributed by atoms with E-state index in [1.54, 1.807) is 6.20 Å². The quantitative estimate of drug-likeness (QED) is 0.548. The second-order valence-corrected chi connectivity index (χ2v) is 6.58. The van der Waals surface area contributed by atoms with E-state index >= 15 is 0 Å². The summed E-state index contributed by atoms with van der Waals surface area (Å²) < 4.78 is 5.80. The number of pyridine rings is 2. The highest BCUT2D eigenvalue weighted by atomic mass is 16.5. The predicted octanol–water partition coefficient (Wildman–Crippen LogP) is 5.22. The molecule has 0 saturated carbocycles. The molecule has 0 radical (unpaired) electrons. The minimum Gasteiger partial charge on any atom is -0.494 e. The summed E-state index contributed by atoms with van der Waals surface area (Å²) in [6.07, 6.45) is 6.40. The molecule has 0 saturated heterocycles. The second kappa shape index (κ2) is 9.52. The van der Waals surface area contributed by atoms with Gasteiger partial charge in [0, 0.05) is 11.8 Å². The zero-order chi connectivity index (χ0) is 19.8. The molecule has 0 amide bonds. The summed E-state index contributed by atoms with van der Waals surface area (Å²) in [6, 6.07) is 17.4. The molecular weight excluding hydrogens is 348 g/mol. The van der Waals surface area contributed by atoms with Crippen molar-refractivity contribution in [2.45, 2.75) is 32.6 Å². The van der Waals surface area contributed by atoms with Gasteiger partial charge >= 0.3 is 0 Å². The van der Waals surface area contributed by atoms with E-state index in [4.69, 9.17) is 10.5 Å². The van der Waals surface area contributed by atoms with Crippen molar-refractivity contribution < 1.29 is 4.74 Å².